The lowest BCUT2D eigenvalue weighted by Crippen LogP contribution is -2.40. The van der Waals surface area contributed by atoms with Gasteiger partial charge in [0.05, 0.1) is 18.9 Å². The van der Waals surface area contributed by atoms with E-state index in [1.54, 1.807) is 43.5 Å². The first kappa shape index (κ1) is 16.6. The van der Waals surface area contributed by atoms with E-state index in [9.17, 15) is 5.11 Å². The summed E-state index contributed by atoms with van der Waals surface area (Å²) in [5.41, 5.74) is 6.05. The van der Waals surface area contributed by atoms with E-state index in [1.165, 1.54) is 0 Å². The quantitative estimate of drug-likeness (QED) is 0.889. The van der Waals surface area contributed by atoms with Gasteiger partial charge in [0, 0.05) is 16.1 Å². The molecule has 1 heterocycles. The van der Waals surface area contributed by atoms with E-state index < -0.39 is 5.60 Å². The van der Waals surface area contributed by atoms with Crippen LogP contribution in [0.1, 0.15) is 25.0 Å². The van der Waals surface area contributed by atoms with Gasteiger partial charge in [0.1, 0.15) is 17.3 Å². The van der Waals surface area contributed by atoms with E-state index in [4.69, 9.17) is 26.8 Å². The zero-order valence-corrected chi connectivity index (χ0v) is 14.5. The number of rotatable bonds is 4. The van der Waals surface area contributed by atoms with Gasteiger partial charge < -0.3 is 20.3 Å². The average molecular weight is 347 g/mol. The van der Waals surface area contributed by atoms with Gasteiger partial charge in [-0.05, 0) is 50.2 Å². The Labute approximate surface area is 145 Å². The summed E-state index contributed by atoms with van der Waals surface area (Å²) in [5, 5.41) is 12.0. The van der Waals surface area contributed by atoms with E-state index in [0.717, 1.165) is 0 Å². The van der Waals surface area contributed by atoms with Crippen molar-refractivity contribution in [1.29, 1.82) is 0 Å². The predicted molar refractivity (Wildman–Crippen MR) is 94.5 cm³/mol. The summed E-state index contributed by atoms with van der Waals surface area (Å²) >= 11 is 6.11. The first-order chi connectivity index (χ1) is 11.4. The standard InChI is InChI=1S/C18H19ClN2O3/c1-10(2)24-16-7-5-12(23-3)9-14(16)18(22)13-8-11(19)4-6-15(13)21-17(18)20/h4-10,22H,1-3H3,(H2,20,21). The van der Waals surface area contributed by atoms with E-state index in [-0.39, 0.29) is 11.9 Å². The third-order valence-electron chi connectivity index (χ3n) is 3.90. The van der Waals surface area contributed by atoms with E-state index >= 15 is 0 Å². The molecule has 3 rings (SSSR count). The molecule has 0 amide bonds. The highest BCUT2D eigenvalue weighted by atomic mass is 35.5. The number of nitrogens with zero attached hydrogens (tertiary/aromatic N) is 1. The van der Waals surface area contributed by atoms with Crippen molar-refractivity contribution in [2.75, 3.05) is 7.11 Å². The lowest BCUT2D eigenvalue weighted by atomic mass is 9.85. The molecule has 24 heavy (non-hydrogen) atoms. The summed E-state index contributed by atoms with van der Waals surface area (Å²) in [4.78, 5) is 4.29. The molecule has 5 nitrogen and oxygen atoms in total. The van der Waals surface area contributed by atoms with E-state index in [1.807, 2.05) is 13.8 Å². The maximum absolute atomic E-state index is 11.5. The molecule has 0 saturated carbocycles. The number of ether oxygens (including phenoxy) is 2. The Morgan fingerprint density at radius 1 is 1.17 bits per heavy atom. The van der Waals surface area contributed by atoms with Crippen molar-refractivity contribution in [3.8, 4) is 11.5 Å². The Bertz CT molecular complexity index is 820. The Balaban J connectivity index is 2.24. The monoisotopic (exact) mass is 346 g/mol. The number of fused-ring (bicyclic) bond motifs is 1. The molecule has 0 fully saturated rings. The van der Waals surface area contributed by atoms with Crippen molar-refractivity contribution in [2.24, 2.45) is 10.7 Å². The maximum atomic E-state index is 11.5. The second-order valence-corrected chi connectivity index (χ2v) is 6.33. The number of amidine groups is 1. The summed E-state index contributed by atoms with van der Waals surface area (Å²) in [6.07, 6.45) is -0.0702. The zero-order chi connectivity index (χ0) is 17.5. The van der Waals surface area contributed by atoms with Gasteiger partial charge in [-0.25, -0.2) is 4.99 Å². The molecule has 0 aromatic heterocycles. The van der Waals surface area contributed by atoms with Gasteiger partial charge >= 0.3 is 0 Å². The van der Waals surface area contributed by atoms with Crippen LogP contribution in [0.25, 0.3) is 0 Å². The van der Waals surface area contributed by atoms with Crippen molar-refractivity contribution in [3.05, 3.63) is 52.5 Å². The highest BCUT2D eigenvalue weighted by molar-refractivity contribution is 6.30. The Morgan fingerprint density at radius 3 is 2.58 bits per heavy atom. The van der Waals surface area contributed by atoms with Crippen LogP contribution in [0.2, 0.25) is 5.02 Å². The molecule has 1 aliphatic rings. The predicted octanol–water partition coefficient (Wildman–Crippen LogP) is 3.37. The molecule has 2 aromatic rings. The fraction of sp³-hybridized carbons (Fsp3) is 0.278. The number of methoxy groups -OCH3 is 1. The van der Waals surface area contributed by atoms with Gasteiger partial charge in [0.25, 0.3) is 0 Å². The van der Waals surface area contributed by atoms with Crippen LogP contribution in [0.3, 0.4) is 0 Å². The first-order valence-corrected chi connectivity index (χ1v) is 7.96. The van der Waals surface area contributed by atoms with Crippen LogP contribution in [-0.2, 0) is 5.60 Å². The van der Waals surface area contributed by atoms with Crippen molar-refractivity contribution in [1.82, 2.24) is 0 Å². The summed E-state index contributed by atoms with van der Waals surface area (Å²) < 4.78 is 11.1. The van der Waals surface area contributed by atoms with Crippen molar-refractivity contribution < 1.29 is 14.6 Å². The summed E-state index contributed by atoms with van der Waals surface area (Å²) in [5.74, 6) is 1.17. The van der Waals surface area contributed by atoms with E-state index in [0.29, 0.717) is 33.3 Å². The van der Waals surface area contributed by atoms with Crippen LogP contribution < -0.4 is 15.2 Å². The molecule has 1 aliphatic heterocycles. The summed E-state index contributed by atoms with van der Waals surface area (Å²) in [6, 6.07) is 10.3. The van der Waals surface area contributed by atoms with Gasteiger partial charge in [-0.15, -0.1) is 0 Å². The Hall–Kier alpha value is -2.24. The topological polar surface area (TPSA) is 77.1 Å². The van der Waals surface area contributed by atoms with Crippen LogP contribution in [-0.4, -0.2) is 24.2 Å². The number of aliphatic hydroxyl groups is 1. The molecule has 0 aliphatic carbocycles. The minimum absolute atomic E-state index is 0.0702. The number of hydrogen-bond donors (Lipinski definition) is 2. The number of aliphatic imine (C=N–C) groups is 1. The fourth-order valence-electron chi connectivity index (χ4n) is 2.80. The molecule has 2 aromatic carbocycles. The molecule has 0 bridgehead atoms. The zero-order valence-electron chi connectivity index (χ0n) is 13.7. The summed E-state index contributed by atoms with van der Waals surface area (Å²) in [7, 11) is 1.56. The SMILES string of the molecule is COc1ccc(OC(C)C)c(C2(O)C(N)=Nc3ccc(Cl)cc32)c1. The van der Waals surface area contributed by atoms with Crippen molar-refractivity contribution in [3.63, 3.8) is 0 Å². The minimum Gasteiger partial charge on any atom is -0.497 e. The molecule has 0 spiro atoms. The molecule has 1 atom stereocenters. The summed E-state index contributed by atoms with van der Waals surface area (Å²) in [6.45, 7) is 3.82. The van der Waals surface area contributed by atoms with E-state index in [2.05, 4.69) is 4.99 Å². The average Bonchev–Trinajstić information content (AvgIpc) is 2.79. The largest absolute Gasteiger partial charge is 0.497 e. The minimum atomic E-state index is -1.63. The number of nitrogens with two attached hydrogens (primary N) is 1. The van der Waals surface area contributed by atoms with Crippen LogP contribution >= 0.6 is 11.6 Å². The molecular formula is C18H19ClN2O3. The number of hydrogen-bond acceptors (Lipinski definition) is 5. The van der Waals surface area contributed by atoms with Gasteiger partial charge in [0.15, 0.2) is 5.60 Å². The Kier molecular flexibility index (Phi) is 4.15. The second-order valence-electron chi connectivity index (χ2n) is 5.90. The molecule has 1 unspecified atom stereocenters. The molecular weight excluding hydrogens is 328 g/mol. The molecule has 0 saturated heterocycles. The van der Waals surface area contributed by atoms with Gasteiger partial charge in [-0.3, -0.25) is 0 Å². The number of benzene rings is 2. The third kappa shape index (κ3) is 2.60. The smallest absolute Gasteiger partial charge is 0.178 e. The van der Waals surface area contributed by atoms with Gasteiger partial charge in [-0.1, -0.05) is 11.6 Å². The normalized spacial score (nSPS) is 19.2. The lowest BCUT2D eigenvalue weighted by Gasteiger charge is -2.28. The van der Waals surface area contributed by atoms with Crippen LogP contribution in [0.15, 0.2) is 41.4 Å². The molecule has 0 radical (unpaired) electrons. The van der Waals surface area contributed by atoms with Crippen LogP contribution in [0.4, 0.5) is 5.69 Å². The van der Waals surface area contributed by atoms with Gasteiger partial charge in [-0.2, -0.15) is 0 Å². The van der Waals surface area contributed by atoms with Crippen molar-refractivity contribution in [2.45, 2.75) is 25.6 Å². The molecule has 6 heteroatoms. The number of halogens is 1. The third-order valence-corrected chi connectivity index (χ3v) is 4.13. The van der Waals surface area contributed by atoms with Crippen LogP contribution in [0.5, 0.6) is 11.5 Å². The highest BCUT2D eigenvalue weighted by Gasteiger charge is 2.45. The Morgan fingerprint density at radius 2 is 1.92 bits per heavy atom. The highest BCUT2D eigenvalue weighted by Crippen LogP contribution is 2.46. The lowest BCUT2D eigenvalue weighted by molar-refractivity contribution is 0.147. The maximum Gasteiger partial charge on any atom is 0.178 e. The van der Waals surface area contributed by atoms with Crippen molar-refractivity contribution >= 4 is 23.1 Å². The molecule has 126 valence electrons. The van der Waals surface area contributed by atoms with Gasteiger partial charge in [0.2, 0.25) is 0 Å². The first-order valence-electron chi connectivity index (χ1n) is 7.58. The second kappa shape index (κ2) is 6.00. The van der Waals surface area contributed by atoms with Crippen LogP contribution in [0, 0.1) is 0 Å². The fourth-order valence-corrected chi connectivity index (χ4v) is 2.97. The molecule has 3 N–H and O–H groups in total.